The Morgan fingerprint density at radius 3 is 2.74 bits per heavy atom. The maximum absolute atomic E-state index is 12.8. The number of aromatic nitrogens is 1. The monoisotopic (exact) mass is 469 g/mol. The van der Waals surface area contributed by atoms with Crippen molar-refractivity contribution < 1.29 is 34.2 Å². The molecule has 2 unspecified atom stereocenters. The molecule has 5 N–H and O–H groups in total. The summed E-state index contributed by atoms with van der Waals surface area (Å²) in [6, 6.07) is -0.960. The second kappa shape index (κ2) is 7.78. The second-order valence-corrected chi connectivity index (χ2v) is 9.73. The number of fused-ring (bicyclic) bond motifs is 1. The summed E-state index contributed by atoms with van der Waals surface area (Å²) in [6.07, 6.45) is 0.263. The Hall–Kier alpha value is -2.68. The molecule has 3 aliphatic heterocycles. The van der Waals surface area contributed by atoms with Gasteiger partial charge in [-0.15, -0.1) is 23.1 Å². The van der Waals surface area contributed by atoms with E-state index in [1.807, 2.05) is 14.1 Å². The lowest BCUT2D eigenvalue weighted by atomic mass is 9.99. The van der Waals surface area contributed by atoms with Crippen molar-refractivity contribution in [1.82, 2.24) is 15.2 Å². The maximum atomic E-state index is 12.8. The molecule has 2 fully saturated rings. The van der Waals surface area contributed by atoms with Gasteiger partial charge in [-0.2, -0.15) is 9.48 Å². The number of hydroxylamine groups is 3. The average molecular weight is 470 g/mol. The van der Waals surface area contributed by atoms with Crippen molar-refractivity contribution in [2.75, 3.05) is 32.1 Å². The quantitative estimate of drug-likeness (QED) is 0.145. The van der Waals surface area contributed by atoms with Crippen LogP contribution in [0.15, 0.2) is 21.8 Å². The van der Waals surface area contributed by atoms with E-state index in [1.54, 1.807) is 0 Å². The Morgan fingerprint density at radius 1 is 1.45 bits per heavy atom. The third-order valence-corrected chi connectivity index (χ3v) is 7.27. The first-order chi connectivity index (χ1) is 14.6. The molecule has 4 heterocycles. The SMILES string of the molecule is C[N+]1(C)CC[C@@H](C2=C(C(=O)O)N3C(=O)C(NC(=O)/C(=N\O)c4csc(N)n4)C3SC2)O1. The van der Waals surface area contributed by atoms with E-state index in [0.717, 1.165) is 17.9 Å². The summed E-state index contributed by atoms with van der Waals surface area (Å²) in [5, 5.41) is 25.6. The lowest BCUT2D eigenvalue weighted by Crippen LogP contribution is -2.71. The standard InChI is InChI=1S/C17H20N6O6S2/c1-23(2)4-3-9(29-23)7-5-30-15-11(14(25)22(15)12(7)16(26)27)20-13(24)10(21-28)8-6-31-17(18)19-8/h6,9,11,15H,3-5H2,1-2H3,(H4-,18,19,20,24,26,27,28)/p+1/t9-,11?,15?/m0/s1. The van der Waals surface area contributed by atoms with Gasteiger partial charge in [0.2, 0.25) is 0 Å². The molecule has 14 heteroatoms. The summed E-state index contributed by atoms with van der Waals surface area (Å²) in [7, 11) is 3.77. The van der Waals surface area contributed by atoms with Crippen LogP contribution in [0.5, 0.6) is 0 Å². The topological polar surface area (TPSA) is 167 Å². The first-order valence-corrected chi connectivity index (χ1v) is 11.2. The van der Waals surface area contributed by atoms with Crippen molar-refractivity contribution in [1.29, 1.82) is 0 Å². The fourth-order valence-electron chi connectivity index (χ4n) is 3.82. The van der Waals surface area contributed by atoms with Gasteiger partial charge in [0.15, 0.2) is 10.8 Å². The van der Waals surface area contributed by atoms with Gasteiger partial charge >= 0.3 is 5.97 Å². The number of nitrogens with one attached hydrogen (secondary N) is 1. The Balaban J connectivity index is 1.53. The van der Waals surface area contributed by atoms with Crippen molar-refractivity contribution >= 4 is 51.7 Å². The largest absolute Gasteiger partial charge is 0.477 e. The van der Waals surface area contributed by atoms with E-state index in [9.17, 15) is 24.7 Å². The Labute approximate surface area is 184 Å². The van der Waals surface area contributed by atoms with E-state index in [0.29, 0.717) is 22.4 Å². The van der Waals surface area contributed by atoms with Gasteiger partial charge in [0.1, 0.15) is 35.5 Å². The van der Waals surface area contributed by atoms with Crippen LogP contribution in [0, 0.1) is 0 Å². The van der Waals surface area contributed by atoms with Crippen LogP contribution >= 0.6 is 23.1 Å². The number of quaternary nitrogens is 1. The molecule has 31 heavy (non-hydrogen) atoms. The number of carboxylic acids is 1. The first-order valence-electron chi connectivity index (χ1n) is 9.29. The number of hydrogen-bond acceptors (Lipinski definition) is 10. The summed E-state index contributed by atoms with van der Waals surface area (Å²) in [4.78, 5) is 48.4. The van der Waals surface area contributed by atoms with Crippen LogP contribution in [0.2, 0.25) is 0 Å². The third kappa shape index (κ3) is 3.75. The van der Waals surface area contributed by atoms with Crippen LogP contribution in [-0.4, -0.2) is 92.3 Å². The zero-order valence-corrected chi connectivity index (χ0v) is 18.3. The molecule has 0 aliphatic carbocycles. The number of rotatable bonds is 5. The molecule has 0 aromatic carbocycles. The number of β-lactam (4-membered cyclic amide) rings is 1. The van der Waals surface area contributed by atoms with Gasteiger partial charge in [0.25, 0.3) is 11.8 Å². The highest BCUT2D eigenvalue weighted by molar-refractivity contribution is 8.00. The van der Waals surface area contributed by atoms with E-state index < -0.39 is 29.2 Å². The number of anilines is 1. The highest BCUT2D eigenvalue weighted by atomic mass is 32.2. The van der Waals surface area contributed by atoms with Crippen molar-refractivity contribution in [2.24, 2.45) is 5.16 Å². The highest BCUT2D eigenvalue weighted by Crippen LogP contribution is 2.43. The van der Waals surface area contributed by atoms with E-state index in [1.165, 1.54) is 22.0 Å². The molecule has 0 radical (unpaired) electrons. The molecule has 12 nitrogen and oxygen atoms in total. The molecule has 1 aromatic heterocycles. The van der Waals surface area contributed by atoms with Crippen LogP contribution in [0.3, 0.4) is 0 Å². The molecule has 2 saturated heterocycles. The normalized spacial score (nSPS) is 27.7. The number of carbonyl (C=O) groups is 3. The summed E-state index contributed by atoms with van der Waals surface area (Å²) < 4.78 is 0.312. The van der Waals surface area contributed by atoms with Crippen molar-refractivity contribution in [2.45, 2.75) is 23.9 Å². The molecular formula is C17H21N6O6S2+. The molecule has 3 aliphatic rings. The number of nitrogens with two attached hydrogens (primary N) is 1. The summed E-state index contributed by atoms with van der Waals surface area (Å²) >= 11 is 2.42. The Kier molecular flexibility index (Phi) is 5.41. The molecule has 4 rings (SSSR count). The molecule has 3 atom stereocenters. The lowest BCUT2D eigenvalue weighted by Gasteiger charge is -2.49. The molecule has 0 spiro atoms. The van der Waals surface area contributed by atoms with E-state index in [4.69, 9.17) is 10.6 Å². The summed E-state index contributed by atoms with van der Waals surface area (Å²) in [6.45, 7) is 0.728. The molecule has 0 saturated carbocycles. The highest BCUT2D eigenvalue weighted by Gasteiger charge is 2.56. The number of thiazole rings is 1. The van der Waals surface area contributed by atoms with Gasteiger partial charge in [-0.25, -0.2) is 9.78 Å². The van der Waals surface area contributed by atoms with Crippen LogP contribution < -0.4 is 11.1 Å². The number of aliphatic carboxylic acids is 1. The molecular weight excluding hydrogens is 448 g/mol. The van der Waals surface area contributed by atoms with E-state index >= 15 is 0 Å². The minimum atomic E-state index is -1.21. The van der Waals surface area contributed by atoms with Gasteiger partial charge in [0.05, 0.1) is 14.1 Å². The van der Waals surface area contributed by atoms with Gasteiger partial charge in [-0.3, -0.25) is 14.5 Å². The van der Waals surface area contributed by atoms with Crippen molar-refractivity contribution in [3.8, 4) is 0 Å². The zero-order valence-electron chi connectivity index (χ0n) is 16.6. The predicted molar refractivity (Wildman–Crippen MR) is 111 cm³/mol. The lowest BCUT2D eigenvalue weighted by molar-refractivity contribution is -1.06. The van der Waals surface area contributed by atoms with E-state index in [2.05, 4.69) is 15.5 Å². The number of carboxylic acid groups (broad SMARTS) is 1. The van der Waals surface area contributed by atoms with Crippen molar-refractivity contribution in [3.63, 3.8) is 0 Å². The first kappa shape index (κ1) is 21.5. The number of oxime groups is 1. The zero-order chi connectivity index (χ0) is 22.5. The predicted octanol–water partition coefficient (Wildman–Crippen LogP) is -0.577. The Morgan fingerprint density at radius 2 is 2.19 bits per heavy atom. The van der Waals surface area contributed by atoms with E-state index in [-0.39, 0.29) is 28.3 Å². The van der Waals surface area contributed by atoms with Gasteiger partial charge < -0.3 is 21.4 Å². The average Bonchev–Trinajstić information content (AvgIpc) is 3.30. The van der Waals surface area contributed by atoms with Crippen LogP contribution in [0.25, 0.3) is 0 Å². The number of nitrogens with zero attached hydrogens (tertiary/aromatic N) is 4. The second-order valence-electron chi connectivity index (χ2n) is 7.74. The summed E-state index contributed by atoms with van der Waals surface area (Å²) in [5.74, 6) is -2.22. The number of nitrogen functional groups attached to an aromatic ring is 1. The fraction of sp³-hybridized carbons (Fsp3) is 0.471. The van der Waals surface area contributed by atoms with Gasteiger partial charge in [-0.1, -0.05) is 5.16 Å². The fourth-order valence-corrected chi connectivity index (χ4v) is 5.78. The Bertz CT molecular complexity index is 1020. The number of carbonyl (C=O) groups excluding carboxylic acids is 2. The number of hydrogen-bond donors (Lipinski definition) is 4. The van der Waals surface area contributed by atoms with Crippen LogP contribution in [0.1, 0.15) is 12.1 Å². The molecule has 2 amide bonds. The minimum Gasteiger partial charge on any atom is -0.477 e. The smallest absolute Gasteiger partial charge is 0.352 e. The minimum absolute atomic E-state index is 0.0787. The molecule has 166 valence electrons. The number of thioether (sulfide) groups is 1. The maximum Gasteiger partial charge on any atom is 0.352 e. The molecule has 0 bridgehead atoms. The third-order valence-electron chi connectivity index (χ3n) is 5.30. The van der Waals surface area contributed by atoms with Crippen LogP contribution in [-0.2, 0) is 19.2 Å². The number of amides is 2. The van der Waals surface area contributed by atoms with Crippen LogP contribution in [0.4, 0.5) is 5.13 Å². The van der Waals surface area contributed by atoms with Crippen molar-refractivity contribution in [3.05, 3.63) is 22.3 Å². The van der Waals surface area contributed by atoms with Gasteiger partial charge in [-0.05, 0) is 0 Å². The summed E-state index contributed by atoms with van der Waals surface area (Å²) in [5.41, 5.74) is 5.72. The molecule has 1 aromatic rings. The van der Waals surface area contributed by atoms with Gasteiger partial charge in [0, 0.05) is 23.1 Å².